The van der Waals surface area contributed by atoms with Crippen LogP contribution in [0, 0.1) is 17.0 Å². The molecular formula is C19H13N3O4S. The average molecular weight is 379 g/mol. The number of aryl methyl sites for hydroxylation is 1. The molecule has 7 nitrogen and oxygen atoms in total. The second kappa shape index (κ2) is 6.65. The third-order valence-corrected chi connectivity index (χ3v) is 5.11. The quantitative estimate of drug-likeness (QED) is 0.396. The number of benzene rings is 2. The first-order valence-electron chi connectivity index (χ1n) is 8.03. The summed E-state index contributed by atoms with van der Waals surface area (Å²) in [6.45, 7) is 1.86. The van der Waals surface area contributed by atoms with Crippen molar-refractivity contribution in [2.24, 2.45) is 0 Å². The van der Waals surface area contributed by atoms with Crippen molar-refractivity contribution in [3.8, 4) is 10.6 Å². The number of anilines is 1. The van der Waals surface area contributed by atoms with Crippen molar-refractivity contribution in [2.75, 3.05) is 5.32 Å². The van der Waals surface area contributed by atoms with Crippen LogP contribution in [0.4, 0.5) is 11.6 Å². The van der Waals surface area contributed by atoms with Gasteiger partial charge in [0.2, 0.25) is 0 Å². The van der Waals surface area contributed by atoms with E-state index in [1.54, 1.807) is 11.3 Å². The van der Waals surface area contributed by atoms with Gasteiger partial charge in [-0.15, -0.1) is 11.3 Å². The van der Waals surface area contributed by atoms with Crippen molar-refractivity contribution in [3.05, 3.63) is 76.0 Å². The Bertz CT molecular complexity index is 1150. The van der Waals surface area contributed by atoms with Crippen molar-refractivity contribution in [1.82, 2.24) is 4.98 Å². The van der Waals surface area contributed by atoms with Crippen molar-refractivity contribution in [1.29, 1.82) is 0 Å². The van der Waals surface area contributed by atoms with Gasteiger partial charge in [-0.25, -0.2) is 4.98 Å². The van der Waals surface area contributed by atoms with Gasteiger partial charge < -0.3 is 9.73 Å². The Labute approximate surface area is 157 Å². The summed E-state index contributed by atoms with van der Waals surface area (Å²) in [5.41, 5.74) is 3.25. The minimum absolute atomic E-state index is 0.119. The summed E-state index contributed by atoms with van der Waals surface area (Å²) in [4.78, 5) is 27.0. The molecule has 134 valence electrons. The number of fused-ring (bicyclic) bond motifs is 1. The fourth-order valence-electron chi connectivity index (χ4n) is 2.62. The summed E-state index contributed by atoms with van der Waals surface area (Å²) in [7, 11) is 0. The van der Waals surface area contributed by atoms with Crippen molar-refractivity contribution < 1.29 is 14.1 Å². The lowest BCUT2D eigenvalue weighted by atomic mass is 10.1. The smallest absolute Gasteiger partial charge is 0.395 e. The predicted molar refractivity (Wildman–Crippen MR) is 103 cm³/mol. The summed E-state index contributed by atoms with van der Waals surface area (Å²) < 4.78 is 6.04. The number of nitrogens with zero attached hydrogens (tertiary/aromatic N) is 2. The van der Waals surface area contributed by atoms with Crippen LogP contribution in [0.15, 0.2) is 59.0 Å². The van der Waals surface area contributed by atoms with Crippen LogP contribution in [0.25, 0.3) is 20.8 Å². The molecule has 0 atom stereocenters. The van der Waals surface area contributed by atoms with E-state index < -0.39 is 16.7 Å². The van der Waals surface area contributed by atoms with E-state index in [0.29, 0.717) is 5.69 Å². The Morgan fingerprint density at radius 2 is 2.00 bits per heavy atom. The molecule has 2 aromatic carbocycles. The third kappa shape index (κ3) is 3.30. The number of carbonyl (C=O) groups is 1. The summed E-state index contributed by atoms with van der Waals surface area (Å²) in [5, 5.41) is 14.3. The highest BCUT2D eigenvalue weighted by Crippen LogP contribution is 2.32. The molecule has 0 unspecified atom stereocenters. The minimum Gasteiger partial charge on any atom is -0.395 e. The van der Waals surface area contributed by atoms with E-state index in [2.05, 4.69) is 10.3 Å². The van der Waals surface area contributed by atoms with Gasteiger partial charge in [-0.05, 0) is 36.8 Å². The van der Waals surface area contributed by atoms with Crippen LogP contribution < -0.4 is 5.32 Å². The zero-order chi connectivity index (χ0) is 19.0. The Kier molecular flexibility index (Phi) is 4.17. The molecule has 27 heavy (non-hydrogen) atoms. The molecule has 4 aromatic rings. The molecular weight excluding hydrogens is 366 g/mol. The SMILES string of the molecule is Cc1ccc(-c2nc3ccccc3s2)cc1NC(=O)c1ccc([N+](=O)[O-])o1. The van der Waals surface area contributed by atoms with Gasteiger partial charge in [0.25, 0.3) is 5.91 Å². The Hall–Kier alpha value is -3.52. The first-order chi connectivity index (χ1) is 13.0. The number of carbonyl (C=O) groups excluding carboxylic acids is 1. The van der Waals surface area contributed by atoms with E-state index in [4.69, 9.17) is 4.42 Å². The number of nitro groups is 1. The van der Waals surface area contributed by atoms with E-state index in [9.17, 15) is 14.9 Å². The highest BCUT2D eigenvalue weighted by molar-refractivity contribution is 7.21. The molecule has 1 amide bonds. The summed E-state index contributed by atoms with van der Waals surface area (Å²) >= 11 is 1.57. The molecule has 0 aliphatic rings. The largest absolute Gasteiger partial charge is 0.433 e. The van der Waals surface area contributed by atoms with Crippen LogP contribution in [-0.4, -0.2) is 15.8 Å². The second-order valence-electron chi connectivity index (χ2n) is 5.87. The number of hydrogen-bond acceptors (Lipinski definition) is 6. The normalized spacial score (nSPS) is 10.9. The van der Waals surface area contributed by atoms with Crippen molar-refractivity contribution >= 4 is 39.0 Å². The maximum atomic E-state index is 12.4. The van der Waals surface area contributed by atoms with E-state index in [1.807, 2.05) is 49.4 Å². The summed E-state index contributed by atoms with van der Waals surface area (Å²) in [6.07, 6.45) is 0. The molecule has 2 heterocycles. The third-order valence-electron chi connectivity index (χ3n) is 4.02. The maximum Gasteiger partial charge on any atom is 0.433 e. The zero-order valence-corrected chi connectivity index (χ0v) is 14.9. The molecule has 0 radical (unpaired) electrons. The fourth-order valence-corrected chi connectivity index (χ4v) is 3.58. The molecule has 0 saturated carbocycles. The van der Waals surface area contributed by atoms with Gasteiger partial charge in [0.05, 0.1) is 16.3 Å². The molecule has 0 saturated heterocycles. The number of aromatic nitrogens is 1. The fraction of sp³-hybridized carbons (Fsp3) is 0.0526. The summed E-state index contributed by atoms with van der Waals surface area (Å²) in [5.74, 6) is -1.14. The van der Waals surface area contributed by atoms with Crippen LogP contribution in [-0.2, 0) is 0 Å². The van der Waals surface area contributed by atoms with E-state index in [0.717, 1.165) is 32.4 Å². The number of hydrogen-bond donors (Lipinski definition) is 1. The standard InChI is InChI=1S/C19H13N3O4S/c1-11-6-7-12(19-21-13-4-2-3-5-16(13)27-19)10-14(11)20-18(23)15-8-9-17(26-15)22(24)25/h2-10H,1H3,(H,20,23). The molecule has 1 N–H and O–H groups in total. The molecule has 0 fully saturated rings. The van der Waals surface area contributed by atoms with Crippen molar-refractivity contribution in [2.45, 2.75) is 6.92 Å². The number of amides is 1. The highest BCUT2D eigenvalue weighted by Gasteiger charge is 2.18. The molecule has 0 aliphatic carbocycles. The van der Waals surface area contributed by atoms with Gasteiger partial charge in [0.1, 0.15) is 9.93 Å². The van der Waals surface area contributed by atoms with Gasteiger partial charge in [-0.2, -0.15) is 0 Å². The zero-order valence-electron chi connectivity index (χ0n) is 14.1. The number of thiazole rings is 1. The van der Waals surface area contributed by atoms with E-state index in [1.165, 1.54) is 6.07 Å². The van der Waals surface area contributed by atoms with E-state index >= 15 is 0 Å². The van der Waals surface area contributed by atoms with Crippen LogP contribution in [0.1, 0.15) is 16.1 Å². The van der Waals surface area contributed by atoms with Gasteiger partial charge in [-0.1, -0.05) is 24.3 Å². The Balaban J connectivity index is 1.63. The number of para-hydroxylation sites is 1. The van der Waals surface area contributed by atoms with Gasteiger partial charge in [0, 0.05) is 11.3 Å². The number of rotatable bonds is 4. The Morgan fingerprint density at radius 3 is 2.74 bits per heavy atom. The minimum atomic E-state index is -0.685. The van der Waals surface area contributed by atoms with Gasteiger partial charge in [-0.3, -0.25) is 14.9 Å². The van der Waals surface area contributed by atoms with Crippen LogP contribution in [0.5, 0.6) is 0 Å². The number of furan rings is 1. The molecule has 0 spiro atoms. The molecule has 0 aliphatic heterocycles. The predicted octanol–water partition coefficient (Wildman–Crippen LogP) is 5.03. The van der Waals surface area contributed by atoms with Crippen LogP contribution in [0.3, 0.4) is 0 Å². The van der Waals surface area contributed by atoms with Gasteiger partial charge >= 0.3 is 5.88 Å². The van der Waals surface area contributed by atoms with Crippen molar-refractivity contribution in [3.63, 3.8) is 0 Å². The molecule has 4 rings (SSSR count). The van der Waals surface area contributed by atoms with E-state index in [-0.39, 0.29) is 5.76 Å². The molecule has 8 heteroatoms. The summed E-state index contributed by atoms with van der Waals surface area (Å²) in [6, 6.07) is 16.0. The lowest BCUT2D eigenvalue weighted by Crippen LogP contribution is -2.11. The first-order valence-corrected chi connectivity index (χ1v) is 8.85. The van der Waals surface area contributed by atoms with Crippen LogP contribution >= 0.6 is 11.3 Å². The monoisotopic (exact) mass is 379 g/mol. The van der Waals surface area contributed by atoms with Gasteiger partial charge in [0.15, 0.2) is 5.76 Å². The highest BCUT2D eigenvalue weighted by atomic mass is 32.1. The lowest BCUT2D eigenvalue weighted by Gasteiger charge is -2.08. The average Bonchev–Trinajstić information content (AvgIpc) is 3.30. The lowest BCUT2D eigenvalue weighted by molar-refractivity contribution is -0.402. The second-order valence-corrected chi connectivity index (χ2v) is 6.90. The molecule has 2 aromatic heterocycles. The first kappa shape index (κ1) is 16.9. The van der Waals surface area contributed by atoms with Crippen LogP contribution in [0.2, 0.25) is 0 Å². The molecule has 0 bridgehead atoms. The maximum absolute atomic E-state index is 12.4. The Morgan fingerprint density at radius 1 is 1.19 bits per heavy atom. The topological polar surface area (TPSA) is 98.3 Å². The number of nitrogens with one attached hydrogen (secondary N) is 1.